The molecule has 0 bridgehead atoms. The van der Waals surface area contributed by atoms with E-state index in [1.165, 1.54) is 0 Å². The van der Waals surface area contributed by atoms with Crippen molar-refractivity contribution in [1.29, 1.82) is 0 Å². The first-order chi connectivity index (χ1) is 9.99. The minimum atomic E-state index is -0.450. The van der Waals surface area contributed by atoms with Crippen LogP contribution in [0.3, 0.4) is 0 Å². The van der Waals surface area contributed by atoms with Crippen molar-refractivity contribution in [2.45, 2.75) is 25.9 Å². The van der Waals surface area contributed by atoms with Crippen LogP contribution in [-0.2, 0) is 9.53 Å². The highest BCUT2D eigenvalue weighted by Crippen LogP contribution is 2.32. The van der Waals surface area contributed by atoms with Crippen LogP contribution in [0.5, 0.6) is 0 Å². The minimum absolute atomic E-state index is 0.219. The summed E-state index contributed by atoms with van der Waals surface area (Å²) in [5, 5.41) is 0. The highest BCUT2D eigenvalue weighted by molar-refractivity contribution is 9.10. The van der Waals surface area contributed by atoms with E-state index in [2.05, 4.69) is 34.7 Å². The summed E-state index contributed by atoms with van der Waals surface area (Å²) < 4.78 is 6.31. The average molecular weight is 353 g/mol. The summed E-state index contributed by atoms with van der Waals surface area (Å²) in [7, 11) is 0. The zero-order chi connectivity index (χ0) is 15.1. The number of carbonyl (C=O) groups is 2. The Balaban J connectivity index is 1.89. The van der Waals surface area contributed by atoms with Gasteiger partial charge in [0.1, 0.15) is 0 Å². The Bertz CT molecular complexity index is 595. The van der Waals surface area contributed by atoms with Crippen LogP contribution in [0.4, 0.5) is 5.69 Å². The lowest BCUT2D eigenvalue weighted by atomic mass is 10.1. The number of ether oxygens (including phenoxy) is 1. The van der Waals surface area contributed by atoms with E-state index in [9.17, 15) is 9.59 Å². The molecule has 1 aromatic carbocycles. The molecule has 0 aliphatic carbocycles. The van der Waals surface area contributed by atoms with Crippen molar-refractivity contribution in [3.05, 3.63) is 28.2 Å². The predicted octanol–water partition coefficient (Wildman–Crippen LogP) is 2.05. The fourth-order valence-electron chi connectivity index (χ4n) is 2.89. The van der Waals surface area contributed by atoms with Crippen LogP contribution < -0.4 is 4.90 Å². The van der Waals surface area contributed by atoms with E-state index < -0.39 is 11.7 Å². The van der Waals surface area contributed by atoms with E-state index in [4.69, 9.17) is 4.74 Å². The summed E-state index contributed by atoms with van der Waals surface area (Å²) in [4.78, 5) is 28.1. The van der Waals surface area contributed by atoms with Crippen molar-refractivity contribution in [2.75, 3.05) is 24.8 Å². The molecule has 112 valence electrons. The van der Waals surface area contributed by atoms with Crippen LogP contribution in [0.2, 0.25) is 0 Å². The third kappa shape index (κ3) is 2.52. The molecule has 1 saturated heterocycles. The molecular formula is C15H17BrN2O3. The summed E-state index contributed by atoms with van der Waals surface area (Å²) in [6.45, 7) is 5.85. The number of hydrogen-bond donors (Lipinski definition) is 0. The van der Waals surface area contributed by atoms with Gasteiger partial charge in [0.15, 0.2) is 0 Å². The van der Waals surface area contributed by atoms with E-state index in [-0.39, 0.29) is 12.1 Å². The lowest BCUT2D eigenvalue weighted by molar-refractivity contribution is -0.115. The van der Waals surface area contributed by atoms with Gasteiger partial charge in [0.25, 0.3) is 5.78 Å². The second-order valence-corrected chi connectivity index (χ2v) is 6.53. The minimum Gasteiger partial charge on any atom is -0.378 e. The van der Waals surface area contributed by atoms with Crippen molar-refractivity contribution in [2.24, 2.45) is 0 Å². The number of fused-ring (bicyclic) bond motifs is 1. The monoisotopic (exact) mass is 352 g/mol. The first-order valence-corrected chi connectivity index (χ1v) is 7.77. The lowest BCUT2D eigenvalue weighted by Crippen LogP contribution is -2.54. The van der Waals surface area contributed by atoms with Crippen molar-refractivity contribution in [3.63, 3.8) is 0 Å². The number of anilines is 1. The number of morpholine rings is 1. The molecule has 5 nitrogen and oxygen atoms in total. The zero-order valence-corrected chi connectivity index (χ0v) is 13.6. The summed E-state index contributed by atoms with van der Waals surface area (Å²) in [6, 6.07) is 5.82. The van der Waals surface area contributed by atoms with Crippen LogP contribution in [0.25, 0.3) is 0 Å². The second-order valence-electron chi connectivity index (χ2n) is 5.61. The standard InChI is InChI=1S/C15H17BrN2O3/c1-9-6-21-7-10(2)17(9)8-18-13-4-3-11(16)5-12(13)14(19)15(18)20/h3-5,9-10H,6-8H2,1-2H3/t9-,10-/m0/s1. The normalized spacial score (nSPS) is 26.3. The van der Waals surface area contributed by atoms with Gasteiger partial charge in [-0.15, -0.1) is 0 Å². The molecule has 0 saturated carbocycles. The third-order valence-corrected chi connectivity index (χ3v) is 4.58. The Morgan fingerprint density at radius 1 is 1.24 bits per heavy atom. The second kappa shape index (κ2) is 5.51. The molecule has 6 heteroatoms. The first kappa shape index (κ1) is 14.7. The fourth-order valence-corrected chi connectivity index (χ4v) is 3.25. The summed E-state index contributed by atoms with van der Waals surface area (Å²) >= 11 is 3.34. The molecule has 2 heterocycles. The van der Waals surface area contributed by atoms with Gasteiger partial charge in [0.05, 0.1) is 31.1 Å². The van der Waals surface area contributed by atoms with Crippen LogP contribution in [0, 0.1) is 0 Å². The molecular weight excluding hydrogens is 336 g/mol. The molecule has 3 rings (SSSR count). The van der Waals surface area contributed by atoms with Gasteiger partial charge in [-0.1, -0.05) is 15.9 Å². The van der Waals surface area contributed by atoms with Gasteiger partial charge in [0.2, 0.25) is 0 Å². The molecule has 1 amide bonds. The number of hydrogen-bond acceptors (Lipinski definition) is 4. The molecule has 0 spiro atoms. The average Bonchev–Trinajstić information content (AvgIpc) is 2.67. The molecule has 0 unspecified atom stereocenters. The highest BCUT2D eigenvalue weighted by Gasteiger charge is 2.38. The van der Waals surface area contributed by atoms with Crippen LogP contribution in [-0.4, -0.2) is 48.6 Å². The maximum atomic E-state index is 12.3. The van der Waals surface area contributed by atoms with Gasteiger partial charge in [-0.25, -0.2) is 0 Å². The molecule has 1 fully saturated rings. The molecule has 0 radical (unpaired) electrons. The third-order valence-electron chi connectivity index (χ3n) is 4.09. The maximum absolute atomic E-state index is 12.3. The largest absolute Gasteiger partial charge is 0.378 e. The number of nitrogens with zero attached hydrogens (tertiary/aromatic N) is 2. The van der Waals surface area contributed by atoms with Crippen molar-refractivity contribution in [1.82, 2.24) is 4.90 Å². The molecule has 2 aliphatic heterocycles. The summed E-state index contributed by atoms with van der Waals surface area (Å²) in [5.74, 6) is -0.881. The number of amides is 1. The van der Waals surface area contributed by atoms with Gasteiger partial charge in [-0.3, -0.25) is 19.4 Å². The smallest absolute Gasteiger partial charge is 0.300 e. The summed E-state index contributed by atoms with van der Waals surface area (Å²) in [6.07, 6.45) is 0. The first-order valence-electron chi connectivity index (χ1n) is 6.98. The number of ketones is 1. The van der Waals surface area contributed by atoms with Gasteiger partial charge >= 0.3 is 5.91 Å². The van der Waals surface area contributed by atoms with Crippen molar-refractivity contribution in [3.8, 4) is 0 Å². The zero-order valence-electron chi connectivity index (χ0n) is 12.0. The molecule has 2 aliphatic rings. The van der Waals surface area contributed by atoms with Crippen LogP contribution in [0.1, 0.15) is 24.2 Å². The Morgan fingerprint density at radius 3 is 2.57 bits per heavy atom. The number of Topliss-reactive ketones (excluding diaryl/α,β-unsaturated/α-hetero) is 1. The number of halogens is 1. The topological polar surface area (TPSA) is 49.9 Å². The number of rotatable bonds is 2. The van der Waals surface area contributed by atoms with Crippen molar-refractivity contribution >= 4 is 33.3 Å². The Labute approximate surface area is 132 Å². The van der Waals surface area contributed by atoms with Gasteiger partial charge in [0, 0.05) is 16.6 Å². The molecule has 21 heavy (non-hydrogen) atoms. The number of carbonyl (C=O) groups excluding carboxylic acids is 2. The molecule has 0 aromatic heterocycles. The fraction of sp³-hybridized carbons (Fsp3) is 0.467. The van der Waals surface area contributed by atoms with Crippen molar-refractivity contribution < 1.29 is 14.3 Å². The van der Waals surface area contributed by atoms with E-state index in [0.29, 0.717) is 31.1 Å². The molecule has 0 N–H and O–H groups in total. The van der Waals surface area contributed by atoms with E-state index in [1.807, 2.05) is 12.1 Å². The van der Waals surface area contributed by atoms with E-state index in [1.54, 1.807) is 11.0 Å². The van der Waals surface area contributed by atoms with Gasteiger partial charge < -0.3 is 4.74 Å². The highest BCUT2D eigenvalue weighted by atomic mass is 79.9. The Morgan fingerprint density at radius 2 is 1.90 bits per heavy atom. The van der Waals surface area contributed by atoms with E-state index >= 15 is 0 Å². The van der Waals surface area contributed by atoms with Gasteiger partial charge in [-0.2, -0.15) is 0 Å². The lowest BCUT2D eigenvalue weighted by Gasteiger charge is -2.40. The SMILES string of the molecule is C[C@H]1COC[C@H](C)N1CN1C(=O)C(=O)c2cc(Br)ccc21. The maximum Gasteiger partial charge on any atom is 0.300 e. The Kier molecular flexibility index (Phi) is 3.86. The van der Waals surface area contributed by atoms with Crippen LogP contribution >= 0.6 is 15.9 Å². The Hall–Kier alpha value is -1.24. The van der Waals surface area contributed by atoms with Gasteiger partial charge in [-0.05, 0) is 32.0 Å². The van der Waals surface area contributed by atoms with E-state index in [0.717, 1.165) is 4.47 Å². The number of benzene rings is 1. The summed E-state index contributed by atoms with van der Waals surface area (Å²) in [5.41, 5.74) is 1.17. The molecule has 1 aromatic rings. The quantitative estimate of drug-likeness (QED) is 0.764. The van der Waals surface area contributed by atoms with Crippen LogP contribution in [0.15, 0.2) is 22.7 Å². The predicted molar refractivity (Wildman–Crippen MR) is 82.4 cm³/mol. The molecule has 2 atom stereocenters.